The summed E-state index contributed by atoms with van der Waals surface area (Å²) in [5.41, 5.74) is 2.60. The van der Waals surface area contributed by atoms with Crippen LogP contribution < -0.4 is 0 Å². The van der Waals surface area contributed by atoms with E-state index < -0.39 is 0 Å². The number of hydrogen-bond acceptors (Lipinski definition) is 2. The summed E-state index contributed by atoms with van der Waals surface area (Å²) in [5.74, 6) is 0. The molecule has 0 heterocycles. The van der Waals surface area contributed by atoms with E-state index in [1.54, 1.807) is 0 Å². The van der Waals surface area contributed by atoms with Crippen LogP contribution in [0.4, 0.5) is 0 Å². The lowest BCUT2D eigenvalue weighted by Gasteiger charge is -1.96. The van der Waals surface area contributed by atoms with Crippen LogP contribution in [0.1, 0.15) is 24.0 Å². The summed E-state index contributed by atoms with van der Waals surface area (Å²) in [4.78, 5) is 0. The highest BCUT2D eigenvalue weighted by atomic mass is 16.3. The van der Waals surface area contributed by atoms with Crippen molar-refractivity contribution >= 4 is 0 Å². The van der Waals surface area contributed by atoms with E-state index in [2.05, 4.69) is 24.3 Å². The predicted molar refractivity (Wildman–Crippen MR) is 83.7 cm³/mol. The monoisotopic (exact) mass is 272 g/mol. The Morgan fingerprint density at radius 3 is 1.20 bits per heavy atom. The maximum Gasteiger partial charge on any atom is 0.0434 e. The van der Waals surface area contributed by atoms with Crippen molar-refractivity contribution in [2.75, 3.05) is 13.2 Å². The molecular weight excluding hydrogens is 248 g/mol. The minimum atomic E-state index is 0.287. The van der Waals surface area contributed by atoms with Gasteiger partial charge in [-0.3, -0.25) is 0 Å². The predicted octanol–water partition coefficient (Wildman–Crippen LogP) is 3.22. The van der Waals surface area contributed by atoms with Crippen molar-refractivity contribution in [1.82, 2.24) is 0 Å². The standard InChI is InChI=1S/2C9H12O/c2*10-8-4-7-9-5-2-1-3-6-9/h2*1-3,5-6,10H,4,7-8H2. The first kappa shape index (κ1) is 16.4. The fourth-order valence-electron chi connectivity index (χ4n) is 1.86. The molecule has 0 aliphatic rings. The number of benzene rings is 2. The van der Waals surface area contributed by atoms with E-state index >= 15 is 0 Å². The van der Waals surface area contributed by atoms with Gasteiger partial charge < -0.3 is 10.2 Å². The Morgan fingerprint density at radius 2 is 0.900 bits per heavy atom. The molecule has 0 spiro atoms. The Labute approximate surface area is 121 Å². The topological polar surface area (TPSA) is 40.5 Å². The third kappa shape index (κ3) is 7.72. The van der Waals surface area contributed by atoms with Crippen LogP contribution >= 0.6 is 0 Å². The smallest absolute Gasteiger partial charge is 0.0434 e. The fraction of sp³-hybridized carbons (Fsp3) is 0.333. The van der Waals surface area contributed by atoms with E-state index in [1.807, 2.05) is 36.4 Å². The summed E-state index contributed by atoms with van der Waals surface area (Å²) >= 11 is 0. The second-order valence-corrected chi connectivity index (χ2v) is 4.63. The van der Waals surface area contributed by atoms with Crippen LogP contribution in [0.15, 0.2) is 60.7 Å². The van der Waals surface area contributed by atoms with Gasteiger partial charge in [0.1, 0.15) is 0 Å². The van der Waals surface area contributed by atoms with Gasteiger partial charge in [0.05, 0.1) is 0 Å². The first-order valence-electron chi connectivity index (χ1n) is 7.16. The van der Waals surface area contributed by atoms with Crippen LogP contribution in [-0.4, -0.2) is 23.4 Å². The SMILES string of the molecule is OCCCc1ccccc1.OCCCc1ccccc1. The first-order valence-corrected chi connectivity index (χ1v) is 7.16. The molecule has 2 aromatic carbocycles. The van der Waals surface area contributed by atoms with Gasteiger partial charge in [-0.15, -0.1) is 0 Å². The molecule has 0 aliphatic carbocycles. The zero-order valence-electron chi connectivity index (χ0n) is 11.9. The summed E-state index contributed by atoms with van der Waals surface area (Å²) in [6.45, 7) is 0.573. The molecule has 2 aromatic rings. The Bertz CT molecular complexity index is 382. The van der Waals surface area contributed by atoms with Gasteiger partial charge in [-0.05, 0) is 36.8 Å². The normalized spacial score (nSPS) is 9.70. The molecule has 0 aliphatic heterocycles. The number of aliphatic hydroxyl groups is 2. The summed E-state index contributed by atoms with van der Waals surface area (Å²) < 4.78 is 0. The zero-order chi connectivity index (χ0) is 14.5. The molecule has 0 amide bonds. The molecule has 0 fully saturated rings. The van der Waals surface area contributed by atoms with E-state index in [1.165, 1.54) is 11.1 Å². The highest BCUT2D eigenvalue weighted by molar-refractivity contribution is 5.15. The Morgan fingerprint density at radius 1 is 0.550 bits per heavy atom. The molecule has 0 unspecified atom stereocenters. The van der Waals surface area contributed by atoms with E-state index in [0.29, 0.717) is 0 Å². The van der Waals surface area contributed by atoms with Crippen LogP contribution in [0, 0.1) is 0 Å². The van der Waals surface area contributed by atoms with Gasteiger partial charge in [0.15, 0.2) is 0 Å². The summed E-state index contributed by atoms with van der Waals surface area (Å²) in [6, 6.07) is 20.4. The van der Waals surface area contributed by atoms with Gasteiger partial charge in [0, 0.05) is 13.2 Å². The Kier molecular flexibility index (Phi) is 9.20. The average Bonchev–Trinajstić information content (AvgIpc) is 2.53. The maximum atomic E-state index is 8.53. The van der Waals surface area contributed by atoms with E-state index in [9.17, 15) is 0 Å². The van der Waals surface area contributed by atoms with Crippen LogP contribution in [0.5, 0.6) is 0 Å². The molecule has 108 valence electrons. The van der Waals surface area contributed by atoms with Crippen LogP contribution in [0.3, 0.4) is 0 Å². The summed E-state index contributed by atoms with van der Waals surface area (Å²) in [7, 11) is 0. The van der Waals surface area contributed by atoms with E-state index in [-0.39, 0.29) is 13.2 Å². The lowest BCUT2D eigenvalue weighted by atomic mass is 10.1. The molecule has 0 atom stereocenters. The second kappa shape index (κ2) is 11.2. The maximum absolute atomic E-state index is 8.53. The van der Waals surface area contributed by atoms with E-state index in [0.717, 1.165) is 25.7 Å². The molecule has 0 radical (unpaired) electrons. The molecule has 2 rings (SSSR count). The Hall–Kier alpha value is -1.64. The molecule has 0 bridgehead atoms. The second-order valence-electron chi connectivity index (χ2n) is 4.63. The van der Waals surface area contributed by atoms with Crippen molar-refractivity contribution in [2.45, 2.75) is 25.7 Å². The van der Waals surface area contributed by atoms with Crippen molar-refractivity contribution in [2.24, 2.45) is 0 Å². The lowest BCUT2D eigenvalue weighted by Crippen LogP contribution is -1.87. The van der Waals surface area contributed by atoms with E-state index in [4.69, 9.17) is 10.2 Å². The van der Waals surface area contributed by atoms with Gasteiger partial charge in [0.2, 0.25) is 0 Å². The molecule has 0 saturated heterocycles. The van der Waals surface area contributed by atoms with Gasteiger partial charge in [-0.1, -0.05) is 60.7 Å². The van der Waals surface area contributed by atoms with Gasteiger partial charge >= 0.3 is 0 Å². The number of aliphatic hydroxyl groups excluding tert-OH is 2. The molecule has 2 N–H and O–H groups in total. The fourth-order valence-corrected chi connectivity index (χ4v) is 1.86. The zero-order valence-corrected chi connectivity index (χ0v) is 11.9. The van der Waals surface area contributed by atoms with Gasteiger partial charge in [-0.2, -0.15) is 0 Å². The number of aryl methyl sites for hydroxylation is 2. The average molecular weight is 272 g/mol. The molecule has 2 nitrogen and oxygen atoms in total. The third-order valence-electron chi connectivity index (χ3n) is 2.93. The largest absolute Gasteiger partial charge is 0.396 e. The van der Waals surface area contributed by atoms with Crippen molar-refractivity contribution in [3.8, 4) is 0 Å². The van der Waals surface area contributed by atoms with Crippen molar-refractivity contribution < 1.29 is 10.2 Å². The molecule has 0 saturated carbocycles. The molecule has 2 heteroatoms. The van der Waals surface area contributed by atoms with Crippen molar-refractivity contribution in [3.05, 3.63) is 71.8 Å². The minimum Gasteiger partial charge on any atom is -0.396 e. The van der Waals surface area contributed by atoms with Crippen LogP contribution in [0.2, 0.25) is 0 Å². The molecule has 0 aromatic heterocycles. The van der Waals surface area contributed by atoms with Crippen molar-refractivity contribution in [1.29, 1.82) is 0 Å². The van der Waals surface area contributed by atoms with Crippen LogP contribution in [-0.2, 0) is 12.8 Å². The lowest BCUT2D eigenvalue weighted by molar-refractivity contribution is 0.288. The quantitative estimate of drug-likeness (QED) is 0.847. The molecular formula is C18H24O2. The number of rotatable bonds is 6. The third-order valence-corrected chi connectivity index (χ3v) is 2.93. The number of hydrogen-bond donors (Lipinski definition) is 2. The minimum absolute atomic E-state index is 0.287. The summed E-state index contributed by atoms with van der Waals surface area (Å²) in [6.07, 6.45) is 3.70. The first-order chi connectivity index (χ1) is 9.86. The van der Waals surface area contributed by atoms with Crippen molar-refractivity contribution in [3.63, 3.8) is 0 Å². The highest BCUT2D eigenvalue weighted by Gasteiger charge is 1.88. The molecule has 20 heavy (non-hydrogen) atoms. The Balaban J connectivity index is 0.000000200. The highest BCUT2D eigenvalue weighted by Crippen LogP contribution is 2.01. The van der Waals surface area contributed by atoms with Crippen LogP contribution in [0.25, 0.3) is 0 Å². The van der Waals surface area contributed by atoms with Gasteiger partial charge in [-0.25, -0.2) is 0 Å². The van der Waals surface area contributed by atoms with Gasteiger partial charge in [0.25, 0.3) is 0 Å². The summed E-state index contributed by atoms with van der Waals surface area (Å²) in [5, 5.41) is 17.1.